The Morgan fingerprint density at radius 1 is 1.29 bits per heavy atom. The number of carbonyl (C=O) groups excluding carboxylic acids is 1. The zero-order valence-corrected chi connectivity index (χ0v) is 15.4. The largest absolute Gasteiger partial charge is 0.444 e. The van der Waals surface area contributed by atoms with Crippen LogP contribution >= 0.6 is 15.9 Å². The lowest BCUT2D eigenvalue weighted by Crippen LogP contribution is -2.46. The Kier molecular flexibility index (Phi) is 5.85. The molecule has 0 spiro atoms. The first-order valence-electron chi connectivity index (χ1n) is 7.29. The van der Waals surface area contributed by atoms with Crippen LogP contribution in [0.5, 0.6) is 0 Å². The third-order valence-corrected chi connectivity index (χ3v) is 3.55. The molecule has 0 radical (unpaired) electrons. The van der Waals surface area contributed by atoms with Crippen molar-refractivity contribution in [1.82, 2.24) is 5.32 Å². The second-order valence-electron chi connectivity index (χ2n) is 7.07. The standard InChI is InChI=1S/C17H26BrNO2/c1-12(2)11-17(6,13-8-7-9-14(18)10-13)19-15(20)21-16(3,4)5/h7-10,12H,11H2,1-6H3,(H,19,20). The lowest BCUT2D eigenvalue weighted by molar-refractivity contribution is 0.0448. The predicted molar refractivity (Wildman–Crippen MR) is 90.3 cm³/mol. The van der Waals surface area contributed by atoms with Crippen LogP contribution in [-0.4, -0.2) is 11.7 Å². The summed E-state index contributed by atoms with van der Waals surface area (Å²) in [7, 11) is 0. The van der Waals surface area contributed by atoms with Gasteiger partial charge in [0, 0.05) is 4.47 Å². The first-order chi connectivity index (χ1) is 9.52. The van der Waals surface area contributed by atoms with Crippen molar-refractivity contribution in [3.63, 3.8) is 0 Å². The number of rotatable bonds is 4. The maximum absolute atomic E-state index is 12.2. The van der Waals surface area contributed by atoms with E-state index in [1.54, 1.807) is 0 Å². The Morgan fingerprint density at radius 3 is 2.38 bits per heavy atom. The van der Waals surface area contributed by atoms with Crippen LogP contribution in [0.25, 0.3) is 0 Å². The molecule has 0 bridgehead atoms. The molecule has 0 aliphatic heterocycles. The van der Waals surface area contributed by atoms with Gasteiger partial charge < -0.3 is 10.1 Å². The van der Waals surface area contributed by atoms with Gasteiger partial charge in [0.1, 0.15) is 5.60 Å². The van der Waals surface area contributed by atoms with Gasteiger partial charge in [-0.3, -0.25) is 0 Å². The van der Waals surface area contributed by atoms with Gasteiger partial charge in [0.2, 0.25) is 0 Å². The summed E-state index contributed by atoms with van der Waals surface area (Å²) >= 11 is 3.49. The van der Waals surface area contributed by atoms with Crippen molar-refractivity contribution in [3.05, 3.63) is 34.3 Å². The van der Waals surface area contributed by atoms with Crippen LogP contribution in [0.1, 0.15) is 53.5 Å². The fourth-order valence-electron chi connectivity index (χ4n) is 2.42. The van der Waals surface area contributed by atoms with E-state index in [4.69, 9.17) is 4.74 Å². The number of nitrogens with one attached hydrogen (secondary N) is 1. The van der Waals surface area contributed by atoms with Crippen molar-refractivity contribution in [2.24, 2.45) is 5.92 Å². The summed E-state index contributed by atoms with van der Waals surface area (Å²) in [4.78, 5) is 12.2. The highest BCUT2D eigenvalue weighted by Crippen LogP contribution is 2.30. The van der Waals surface area contributed by atoms with E-state index in [2.05, 4.69) is 35.1 Å². The van der Waals surface area contributed by atoms with E-state index in [0.29, 0.717) is 5.92 Å². The third-order valence-electron chi connectivity index (χ3n) is 3.06. The van der Waals surface area contributed by atoms with E-state index < -0.39 is 11.1 Å². The van der Waals surface area contributed by atoms with Crippen molar-refractivity contribution in [2.75, 3.05) is 0 Å². The Labute approximate surface area is 136 Å². The van der Waals surface area contributed by atoms with Gasteiger partial charge in [-0.15, -0.1) is 0 Å². The van der Waals surface area contributed by atoms with Crippen LogP contribution in [0.3, 0.4) is 0 Å². The van der Waals surface area contributed by atoms with Crippen LogP contribution in [-0.2, 0) is 10.3 Å². The molecule has 1 amide bonds. The highest BCUT2D eigenvalue weighted by molar-refractivity contribution is 9.10. The molecule has 1 unspecified atom stereocenters. The van der Waals surface area contributed by atoms with Gasteiger partial charge in [-0.1, -0.05) is 41.9 Å². The zero-order chi connectivity index (χ0) is 16.3. The number of alkyl carbamates (subject to hydrolysis) is 1. The van der Waals surface area contributed by atoms with E-state index in [0.717, 1.165) is 16.5 Å². The first kappa shape index (κ1) is 18.0. The number of ether oxygens (including phenoxy) is 1. The van der Waals surface area contributed by atoms with Crippen LogP contribution in [0.4, 0.5) is 4.79 Å². The topological polar surface area (TPSA) is 38.3 Å². The van der Waals surface area contributed by atoms with E-state index in [9.17, 15) is 4.79 Å². The predicted octanol–water partition coefficient (Wildman–Crippen LogP) is 5.24. The molecular weight excluding hydrogens is 330 g/mol. The Hall–Kier alpha value is -1.03. The fraction of sp³-hybridized carbons (Fsp3) is 0.588. The molecule has 4 heteroatoms. The second-order valence-corrected chi connectivity index (χ2v) is 7.98. The molecule has 0 aliphatic carbocycles. The van der Waals surface area contributed by atoms with Crippen LogP contribution in [0, 0.1) is 5.92 Å². The monoisotopic (exact) mass is 355 g/mol. The summed E-state index contributed by atoms with van der Waals surface area (Å²) in [5.41, 5.74) is 0.108. The summed E-state index contributed by atoms with van der Waals surface area (Å²) < 4.78 is 6.41. The highest BCUT2D eigenvalue weighted by atomic mass is 79.9. The van der Waals surface area contributed by atoms with E-state index in [1.807, 2.05) is 52.0 Å². The molecule has 1 aromatic rings. The average Bonchev–Trinajstić information content (AvgIpc) is 2.24. The zero-order valence-electron chi connectivity index (χ0n) is 13.8. The Balaban J connectivity index is 3.01. The highest BCUT2D eigenvalue weighted by Gasteiger charge is 2.31. The van der Waals surface area contributed by atoms with Crippen LogP contribution in [0.2, 0.25) is 0 Å². The molecule has 0 saturated heterocycles. The number of benzene rings is 1. The summed E-state index contributed by atoms with van der Waals surface area (Å²) in [6.07, 6.45) is 0.452. The molecule has 3 nitrogen and oxygen atoms in total. The van der Waals surface area contributed by atoms with Crippen molar-refractivity contribution in [1.29, 1.82) is 0 Å². The van der Waals surface area contributed by atoms with Crippen LogP contribution in [0.15, 0.2) is 28.7 Å². The molecule has 1 atom stereocenters. The van der Waals surface area contributed by atoms with E-state index in [-0.39, 0.29) is 6.09 Å². The maximum atomic E-state index is 12.2. The normalized spacial score (nSPS) is 14.7. The van der Waals surface area contributed by atoms with Crippen molar-refractivity contribution in [2.45, 2.75) is 59.1 Å². The van der Waals surface area contributed by atoms with Crippen molar-refractivity contribution >= 4 is 22.0 Å². The number of hydrogen-bond donors (Lipinski definition) is 1. The van der Waals surface area contributed by atoms with E-state index in [1.165, 1.54) is 0 Å². The molecule has 21 heavy (non-hydrogen) atoms. The van der Waals surface area contributed by atoms with Crippen molar-refractivity contribution < 1.29 is 9.53 Å². The summed E-state index contributed by atoms with van der Waals surface area (Å²) in [6, 6.07) is 8.03. The molecule has 0 aliphatic rings. The van der Waals surface area contributed by atoms with Gasteiger partial charge in [0.15, 0.2) is 0 Å². The molecule has 0 saturated carbocycles. The molecule has 1 aromatic carbocycles. The molecule has 0 fully saturated rings. The summed E-state index contributed by atoms with van der Waals surface area (Å²) in [6.45, 7) is 11.9. The second kappa shape index (κ2) is 6.82. The van der Waals surface area contributed by atoms with Crippen molar-refractivity contribution in [3.8, 4) is 0 Å². The smallest absolute Gasteiger partial charge is 0.408 e. The Morgan fingerprint density at radius 2 is 1.90 bits per heavy atom. The van der Waals surface area contributed by atoms with E-state index >= 15 is 0 Å². The minimum atomic E-state index is -0.500. The molecular formula is C17H26BrNO2. The lowest BCUT2D eigenvalue weighted by atomic mass is 9.84. The molecule has 0 heterocycles. The minimum absolute atomic E-state index is 0.384. The van der Waals surface area contributed by atoms with Crippen LogP contribution < -0.4 is 5.32 Å². The number of hydrogen-bond acceptors (Lipinski definition) is 2. The van der Waals surface area contributed by atoms with Gasteiger partial charge in [0.25, 0.3) is 0 Å². The van der Waals surface area contributed by atoms with Gasteiger partial charge >= 0.3 is 6.09 Å². The first-order valence-corrected chi connectivity index (χ1v) is 8.08. The molecule has 1 rings (SSSR count). The Bertz CT molecular complexity index is 494. The van der Waals surface area contributed by atoms with Gasteiger partial charge in [-0.05, 0) is 57.7 Å². The van der Waals surface area contributed by atoms with Gasteiger partial charge in [0.05, 0.1) is 5.54 Å². The molecule has 1 N–H and O–H groups in total. The molecule has 0 aromatic heterocycles. The summed E-state index contributed by atoms with van der Waals surface area (Å²) in [5, 5.41) is 3.04. The SMILES string of the molecule is CC(C)CC(C)(NC(=O)OC(C)(C)C)c1cccc(Br)c1. The lowest BCUT2D eigenvalue weighted by Gasteiger charge is -2.34. The quantitative estimate of drug-likeness (QED) is 0.802. The number of amides is 1. The summed E-state index contributed by atoms with van der Waals surface area (Å²) in [5.74, 6) is 0.448. The maximum Gasteiger partial charge on any atom is 0.408 e. The van der Waals surface area contributed by atoms with Gasteiger partial charge in [-0.2, -0.15) is 0 Å². The number of carbonyl (C=O) groups is 1. The average molecular weight is 356 g/mol. The number of halogens is 1. The fourth-order valence-corrected chi connectivity index (χ4v) is 2.82. The third kappa shape index (κ3) is 6.08. The van der Waals surface area contributed by atoms with Gasteiger partial charge in [-0.25, -0.2) is 4.79 Å². The minimum Gasteiger partial charge on any atom is -0.444 e. The molecule has 118 valence electrons.